The molecule has 0 bridgehead atoms. The summed E-state index contributed by atoms with van der Waals surface area (Å²) in [5.41, 5.74) is 5.18. The van der Waals surface area contributed by atoms with E-state index in [1.54, 1.807) is 0 Å². The van der Waals surface area contributed by atoms with Crippen molar-refractivity contribution in [2.24, 2.45) is 17.6 Å². The molecular formula is C11H16N2O. The predicted octanol–water partition coefficient (Wildman–Crippen LogP) is 0.536. The highest BCUT2D eigenvalue weighted by atomic mass is 16.1. The molecule has 3 nitrogen and oxygen atoms in total. The molecule has 0 unspecified atom stereocenters. The molecule has 2 atom stereocenters. The van der Waals surface area contributed by atoms with Crippen molar-refractivity contribution < 1.29 is 4.79 Å². The van der Waals surface area contributed by atoms with Crippen LogP contribution in [0.3, 0.4) is 0 Å². The molecule has 0 saturated carbocycles. The molecule has 0 spiro atoms. The number of fused-ring (bicyclic) bond motifs is 1. The van der Waals surface area contributed by atoms with Crippen molar-refractivity contribution in [1.82, 2.24) is 4.90 Å². The lowest BCUT2D eigenvalue weighted by atomic mass is 9.83. The molecule has 2 rings (SSSR count). The third-order valence-electron chi connectivity index (χ3n) is 3.00. The van der Waals surface area contributed by atoms with E-state index in [0.29, 0.717) is 18.4 Å². The average molecular weight is 192 g/mol. The number of rotatable bonds is 2. The summed E-state index contributed by atoms with van der Waals surface area (Å²) in [6.45, 7) is 2.36. The van der Waals surface area contributed by atoms with E-state index in [0.717, 1.165) is 19.5 Å². The Hall–Kier alpha value is -1.09. The van der Waals surface area contributed by atoms with Gasteiger partial charge in [0.15, 0.2) is 0 Å². The van der Waals surface area contributed by atoms with Crippen LogP contribution in [0.1, 0.15) is 6.42 Å². The Morgan fingerprint density at radius 3 is 2.79 bits per heavy atom. The Kier molecular flexibility index (Phi) is 2.68. The molecule has 1 saturated heterocycles. The van der Waals surface area contributed by atoms with Crippen molar-refractivity contribution in [3.8, 4) is 0 Å². The minimum atomic E-state index is -0.223. The fraction of sp³-hybridized carbons (Fsp3) is 0.545. The molecule has 1 fully saturated rings. The number of primary amides is 1. The molecule has 0 aromatic rings. The first-order valence-electron chi connectivity index (χ1n) is 5.11. The Bertz CT molecular complexity index is 283. The fourth-order valence-corrected chi connectivity index (χ4v) is 2.29. The van der Waals surface area contributed by atoms with Crippen LogP contribution in [0.5, 0.6) is 0 Å². The molecule has 0 radical (unpaired) electrons. The molecule has 2 aliphatic rings. The van der Waals surface area contributed by atoms with E-state index < -0.39 is 0 Å². The summed E-state index contributed by atoms with van der Waals surface area (Å²) in [6, 6.07) is 0. The zero-order valence-corrected chi connectivity index (χ0v) is 8.23. The van der Waals surface area contributed by atoms with E-state index in [1.165, 1.54) is 0 Å². The summed E-state index contributed by atoms with van der Waals surface area (Å²) in [4.78, 5) is 12.9. The molecular weight excluding hydrogens is 176 g/mol. The van der Waals surface area contributed by atoms with Crippen LogP contribution in [-0.2, 0) is 4.79 Å². The lowest BCUT2D eigenvalue weighted by molar-refractivity contribution is -0.119. The molecule has 76 valence electrons. The van der Waals surface area contributed by atoms with Crippen molar-refractivity contribution >= 4 is 5.91 Å². The van der Waals surface area contributed by atoms with Gasteiger partial charge in [0, 0.05) is 6.54 Å². The smallest absolute Gasteiger partial charge is 0.231 e. The van der Waals surface area contributed by atoms with Crippen LogP contribution in [0.2, 0.25) is 0 Å². The highest BCUT2D eigenvalue weighted by molar-refractivity contribution is 5.75. The molecule has 0 aromatic carbocycles. The Morgan fingerprint density at radius 1 is 1.36 bits per heavy atom. The second-order valence-corrected chi connectivity index (χ2v) is 4.09. The van der Waals surface area contributed by atoms with E-state index >= 15 is 0 Å². The van der Waals surface area contributed by atoms with Gasteiger partial charge in [0.05, 0.1) is 6.54 Å². The number of nitrogens with zero attached hydrogens (tertiary/aromatic N) is 1. The number of carbonyl (C=O) groups excluding carboxylic acids is 1. The molecule has 1 aliphatic heterocycles. The first kappa shape index (κ1) is 9.46. The summed E-state index contributed by atoms with van der Waals surface area (Å²) in [5.74, 6) is 1.02. The Balaban J connectivity index is 1.93. The van der Waals surface area contributed by atoms with Crippen LogP contribution < -0.4 is 5.73 Å². The number of piperidine rings is 1. The van der Waals surface area contributed by atoms with Crippen molar-refractivity contribution in [2.45, 2.75) is 6.42 Å². The van der Waals surface area contributed by atoms with Gasteiger partial charge in [-0.15, -0.1) is 0 Å². The van der Waals surface area contributed by atoms with Crippen LogP contribution in [0.4, 0.5) is 0 Å². The van der Waals surface area contributed by atoms with Crippen LogP contribution in [0.25, 0.3) is 0 Å². The number of likely N-dealkylation sites (tertiary alicyclic amines) is 1. The van der Waals surface area contributed by atoms with Crippen molar-refractivity contribution in [2.75, 3.05) is 19.6 Å². The van der Waals surface area contributed by atoms with Gasteiger partial charge in [-0.1, -0.05) is 24.3 Å². The van der Waals surface area contributed by atoms with Gasteiger partial charge in [0.1, 0.15) is 0 Å². The molecule has 14 heavy (non-hydrogen) atoms. The minimum Gasteiger partial charge on any atom is -0.369 e. The van der Waals surface area contributed by atoms with Gasteiger partial charge in [-0.3, -0.25) is 9.69 Å². The molecule has 1 aliphatic carbocycles. The summed E-state index contributed by atoms with van der Waals surface area (Å²) < 4.78 is 0. The van der Waals surface area contributed by atoms with Crippen molar-refractivity contribution in [3.05, 3.63) is 24.3 Å². The largest absolute Gasteiger partial charge is 0.369 e. The molecule has 1 amide bonds. The second-order valence-electron chi connectivity index (χ2n) is 4.09. The van der Waals surface area contributed by atoms with Gasteiger partial charge in [0.25, 0.3) is 0 Å². The van der Waals surface area contributed by atoms with Gasteiger partial charge >= 0.3 is 0 Å². The lowest BCUT2D eigenvalue weighted by Crippen LogP contribution is -2.43. The van der Waals surface area contributed by atoms with Crippen molar-refractivity contribution in [3.63, 3.8) is 0 Å². The van der Waals surface area contributed by atoms with Crippen LogP contribution >= 0.6 is 0 Å². The quantitative estimate of drug-likeness (QED) is 0.694. The van der Waals surface area contributed by atoms with Gasteiger partial charge in [-0.05, 0) is 24.8 Å². The number of allylic oxidation sites excluding steroid dienone is 3. The van der Waals surface area contributed by atoms with Gasteiger partial charge in [0.2, 0.25) is 5.91 Å². The first-order chi connectivity index (χ1) is 6.75. The fourth-order valence-electron chi connectivity index (χ4n) is 2.29. The molecule has 2 N–H and O–H groups in total. The lowest BCUT2D eigenvalue weighted by Gasteiger charge is -2.36. The minimum absolute atomic E-state index is 0.223. The van der Waals surface area contributed by atoms with Gasteiger partial charge in [-0.2, -0.15) is 0 Å². The summed E-state index contributed by atoms with van der Waals surface area (Å²) in [6.07, 6.45) is 9.85. The standard InChI is InChI=1S/C11H16N2O/c12-11(14)8-13-6-5-9-3-1-2-4-10(9)7-13/h1-4,9-10H,5-8H2,(H2,12,14)/t9-,10+/m0/s1. The number of nitrogens with two attached hydrogens (primary N) is 1. The van der Waals surface area contributed by atoms with E-state index in [-0.39, 0.29) is 5.91 Å². The van der Waals surface area contributed by atoms with Crippen molar-refractivity contribution in [1.29, 1.82) is 0 Å². The Labute approximate surface area is 84.3 Å². The summed E-state index contributed by atoms with van der Waals surface area (Å²) in [7, 11) is 0. The molecule has 0 aromatic heterocycles. The maximum atomic E-state index is 10.8. The molecule has 1 heterocycles. The number of amides is 1. The topological polar surface area (TPSA) is 46.3 Å². The van der Waals surface area contributed by atoms with E-state index in [2.05, 4.69) is 29.2 Å². The van der Waals surface area contributed by atoms with Crippen LogP contribution in [-0.4, -0.2) is 30.4 Å². The van der Waals surface area contributed by atoms with E-state index in [4.69, 9.17) is 5.73 Å². The third-order valence-corrected chi connectivity index (χ3v) is 3.00. The van der Waals surface area contributed by atoms with E-state index in [1.807, 2.05) is 0 Å². The van der Waals surface area contributed by atoms with Gasteiger partial charge in [-0.25, -0.2) is 0 Å². The zero-order chi connectivity index (χ0) is 9.97. The van der Waals surface area contributed by atoms with Gasteiger partial charge < -0.3 is 5.73 Å². The maximum Gasteiger partial charge on any atom is 0.231 e. The number of hydrogen-bond acceptors (Lipinski definition) is 2. The third kappa shape index (κ3) is 2.04. The summed E-state index contributed by atoms with van der Waals surface area (Å²) in [5, 5.41) is 0. The number of hydrogen-bond donors (Lipinski definition) is 1. The predicted molar refractivity (Wildman–Crippen MR) is 55.5 cm³/mol. The van der Waals surface area contributed by atoms with Crippen LogP contribution in [0.15, 0.2) is 24.3 Å². The number of carbonyl (C=O) groups is 1. The SMILES string of the molecule is NC(=O)CN1CC[C@@H]2C=CC=C[C@@H]2C1. The highest BCUT2D eigenvalue weighted by Gasteiger charge is 2.27. The average Bonchev–Trinajstić information content (AvgIpc) is 2.17. The Morgan fingerprint density at radius 2 is 2.07 bits per heavy atom. The van der Waals surface area contributed by atoms with E-state index in [9.17, 15) is 4.79 Å². The monoisotopic (exact) mass is 192 g/mol. The first-order valence-corrected chi connectivity index (χ1v) is 5.11. The van der Waals surface area contributed by atoms with Crippen LogP contribution in [0, 0.1) is 11.8 Å². The maximum absolute atomic E-state index is 10.8. The normalized spacial score (nSPS) is 31.4. The molecule has 3 heteroatoms. The highest BCUT2D eigenvalue weighted by Crippen LogP contribution is 2.28. The second kappa shape index (κ2) is 3.96. The zero-order valence-electron chi connectivity index (χ0n) is 8.23. The summed E-state index contributed by atoms with van der Waals surface area (Å²) >= 11 is 0.